The maximum absolute atomic E-state index is 12.2. The van der Waals surface area contributed by atoms with Gasteiger partial charge in [0, 0.05) is 11.1 Å². The zero-order chi connectivity index (χ0) is 38.9. The van der Waals surface area contributed by atoms with Crippen LogP contribution in [0.2, 0.25) is 104 Å². The Hall–Kier alpha value is 1.02. The van der Waals surface area contributed by atoms with Gasteiger partial charge in [-0.25, -0.2) is 4.79 Å². The monoisotopic (exact) mass is 866 g/mol. The summed E-state index contributed by atoms with van der Waals surface area (Å²) in [6, 6.07) is 0. The molecule has 0 heterocycles. The molecule has 0 rings (SSSR count). The highest BCUT2D eigenvalue weighted by Crippen LogP contribution is 2.40. The lowest BCUT2D eigenvalue weighted by Crippen LogP contribution is -2.69. The number of hydrogen-bond donors (Lipinski definition) is 1. The van der Waals surface area contributed by atoms with E-state index in [2.05, 4.69) is 119 Å². The summed E-state index contributed by atoms with van der Waals surface area (Å²) in [5.74, 6) is -0.977. The van der Waals surface area contributed by atoms with Crippen LogP contribution in [0.25, 0.3) is 0 Å². The Balaban J connectivity index is 7.22. The fraction of sp³-hybridized carbons (Fsp3) is 0.893. The first-order valence-electron chi connectivity index (χ1n) is 17.6. The molecule has 0 aliphatic rings. The van der Waals surface area contributed by atoms with Gasteiger partial charge in [0.2, 0.25) is 25.0 Å². The normalized spacial score (nSPS) is 18.9. The molecule has 0 saturated heterocycles. The molecule has 0 amide bonds. The van der Waals surface area contributed by atoms with E-state index >= 15 is 0 Å². The van der Waals surface area contributed by atoms with Crippen LogP contribution in [-0.2, 0) is 42.8 Å². The topological polar surface area (TPSA) is 120 Å². The van der Waals surface area contributed by atoms with E-state index in [0.717, 1.165) is 0 Å². The molecule has 0 aromatic heterocycles. The van der Waals surface area contributed by atoms with Crippen molar-refractivity contribution in [2.75, 3.05) is 0 Å². The predicted molar refractivity (Wildman–Crippen MR) is 227 cm³/mol. The van der Waals surface area contributed by atoms with Gasteiger partial charge in [-0.2, -0.15) is 0 Å². The van der Waals surface area contributed by atoms with Gasteiger partial charge in [-0.05, 0) is 132 Å². The molecule has 21 heteroatoms. The first-order valence-corrected chi connectivity index (χ1v) is 42.0. The number of carboxylic acids is 1. The average Bonchev–Trinajstić information content (AvgIpc) is 2.88. The summed E-state index contributed by atoms with van der Waals surface area (Å²) in [7, 11) is -20.9. The van der Waals surface area contributed by atoms with E-state index < -0.39 is 100 Å². The van der Waals surface area contributed by atoms with E-state index in [9.17, 15) is 9.90 Å². The van der Waals surface area contributed by atoms with E-state index in [1.54, 1.807) is 13.0 Å². The largest absolute Gasteiger partial charge is 0.478 e. The molecule has 0 aliphatic heterocycles. The first kappa shape index (κ1) is 50.0. The van der Waals surface area contributed by atoms with Gasteiger partial charge in [0.15, 0.2) is 25.0 Å². The van der Waals surface area contributed by atoms with Crippen molar-refractivity contribution in [3.05, 3.63) is 11.6 Å². The third-order valence-corrected chi connectivity index (χ3v) is 40.6. The van der Waals surface area contributed by atoms with Crippen molar-refractivity contribution in [3.63, 3.8) is 0 Å². The summed E-state index contributed by atoms with van der Waals surface area (Å²) in [5, 5.41) is 10.0. The maximum Gasteiger partial charge on any atom is 0.477 e. The third kappa shape index (κ3) is 19.8. The van der Waals surface area contributed by atoms with Crippen molar-refractivity contribution in [2.24, 2.45) is 0 Å². The van der Waals surface area contributed by atoms with E-state index in [1.807, 2.05) is 6.92 Å². The van der Waals surface area contributed by atoms with Gasteiger partial charge >= 0.3 is 14.8 Å². The predicted octanol–water partition coefficient (Wildman–Crippen LogP) is 5.79. The summed E-state index contributed by atoms with van der Waals surface area (Å²) < 4.78 is 60.3. The molecule has 0 aliphatic carbocycles. The molecule has 11 nitrogen and oxygen atoms in total. The summed E-state index contributed by atoms with van der Waals surface area (Å²) in [6.07, 6.45) is 2.37. The molecule has 49 heavy (non-hydrogen) atoms. The van der Waals surface area contributed by atoms with Crippen molar-refractivity contribution < 1.29 is 47.9 Å². The maximum atomic E-state index is 12.2. The van der Waals surface area contributed by atoms with Crippen molar-refractivity contribution in [3.8, 4) is 0 Å². The Bertz CT molecular complexity index is 946. The van der Waals surface area contributed by atoms with Crippen molar-refractivity contribution in [1.29, 1.82) is 0 Å². The molecular weight excluding hydrogens is 793 g/mol. The van der Waals surface area contributed by atoms with Gasteiger partial charge in [0.1, 0.15) is 0 Å². The molecule has 4 atom stereocenters. The van der Waals surface area contributed by atoms with E-state index in [1.165, 1.54) is 0 Å². The second-order valence-electron chi connectivity index (χ2n) is 17.4. The molecule has 0 saturated carbocycles. The highest BCUT2D eigenvalue weighted by molar-refractivity contribution is 6.92. The second-order valence-corrected chi connectivity index (χ2v) is 51.7. The van der Waals surface area contributed by atoms with Gasteiger partial charge in [-0.3, -0.25) is 0 Å². The molecule has 1 N–H and O–H groups in total. The lowest BCUT2D eigenvalue weighted by molar-refractivity contribution is -0.132. The molecule has 0 spiro atoms. The molecule has 0 aromatic rings. The van der Waals surface area contributed by atoms with Crippen LogP contribution >= 0.6 is 0 Å². The molecular formula is C28H74O11Si10. The second kappa shape index (κ2) is 20.1. The zero-order valence-electron chi connectivity index (χ0n) is 34.7. The van der Waals surface area contributed by atoms with Crippen molar-refractivity contribution in [1.82, 2.24) is 0 Å². The number of aliphatic carboxylic acids is 1. The summed E-state index contributed by atoms with van der Waals surface area (Å²) >= 11 is 0. The number of carboxylic acid groups (broad SMARTS) is 1. The average molecular weight is 868 g/mol. The SMILES string of the molecule is CCC(C=C(C)C(=O)O)[Si](O[Si](C)(C)C(C)O[SiH2]O[Si](C)(C)C)(O[Si](C)(C)C(C)O[SiH2]O[Si](C)(C)C)O[Si](C)(C)C(C)O[SiH2]O[Si](C)(C)C. The fourth-order valence-electron chi connectivity index (χ4n) is 4.02. The van der Waals surface area contributed by atoms with Crippen molar-refractivity contribution in [2.45, 2.75) is 162 Å². The Morgan fingerprint density at radius 3 is 1.06 bits per heavy atom. The molecule has 4 unspecified atom stereocenters. The van der Waals surface area contributed by atoms with Crippen LogP contribution in [0.3, 0.4) is 0 Å². The van der Waals surface area contributed by atoms with Crippen LogP contribution < -0.4 is 0 Å². The summed E-state index contributed by atoms with van der Waals surface area (Å²) in [4.78, 5) is 12.2. The van der Waals surface area contributed by atoms with E-state index in [-0.39, 0.29) is 22.8 Å². The smallest absolute Gasteiger partial charge is 0.477 e. The van der Waals surface area contributed by atoms with Crippen molar-refractivity contribution >= 4 is 94.7 Å². The third-order valence-electron chi connectivity index (χ3n) is 8.27. The van der Waals surface area contributed by atoms with Crippen LogP contribution in [0, 0.1) is 0 Å². The van der Waals surface area contributed by atoms with Gasteiger partial charge < -0.3 is 43.1 Å². The standard InChI is InChI=1S/C28H74O11Si10/c1-21-27(22-23(2)28(29)30)49(37-46(15,16)24(3)31-40-34-43(6,7)8,38-47(17,18)25(4)32-41-35-44(9,10)11)39-48(19,20)26(5)33-42-36-45(12,13)14/h22,24-27H,21,40-42H2,1-20H3,(H,29,30). The number of allylic oxidation sites excluding steroid dienone is 1. The van der Waals surface area contributed by atoms with Gasteiger partial charge in [0.05, 0.1) is 17.2 Å². The van der Waals surface area contributed by atoms with Gasteiger partial charge in [-0.1, -0.05) is 13.0 Å². The van der Waals surface area contributed by atoms with E-state index in [0.29, 0.717) is 6.42 Å². The van der Waals surface area contributed by atoms with Crippen LogP contribution in [0.1, 0.15) is 41.0 Å². The van der Waals surface area contributed by atoms with Crippen LogP contribution in [0.5, 0.6) is 0 Å². The van der Waals surface area contributed by atoms with Crippen LogP contribution in [0.4, 0.5) is 0 Å². The Labute approximate surface area is 314 Å². The Morgan fingerprint density at radius 1 is 0.592 bits per heavy atom. The summed E-state index contributed by atoms with van der Waals surface area (Å²) in [6.45, 7) is 42.2. The van der Waals surface area contributed by atoms with Gasteiger partial charge in [-0.15, -0.1) is 0 Å². The highest BCUT2D eigenvalue weighted by atomic mass is 28.5. The Kier molecular flexibility index (Phi) is 20.5. The Morgan fingerprint density at radius 2 is 0.857 bits per heavy atom. The lowest BCUT2D eigenvalue weighted by atomic mass is 10.2. The van der Waals surface area contributed by atoms with Gasteiger partial charge in [0.25, 0.3) is 30.0 Å². The molecule has 292 valence electrons. The minimum Gasteiger partial charge on any atom is -0.478 e. The van der Waals surface area contributed by atoms with Crippen LogP contribution in [0.15, 0.2) is 11.6 Å². The number of hydrogen-bond acceptors (Lipinski definition) is 10. The zero-order valence-corrected chi connectivity index (χ0v) is 46.0. The molecule has 0 bridgehead atoms. The lowest BCUT2D eigenvalue weighted by Gasteiger charge is -2.50. The number of rotatable bonds is 25. The minimum absolute atomic E-state index is 0.205. The van der Waals surface area contributed by atoms with Crippen LogP contribution in [-0.4, -0.2) is 117 Å². The molecule has 0 fully saturated rings. The summed E-state index contributed by atoms with van der Waals surface area (Å²) in [5.41, 5.74) is -0.795. The highest BCUT2D eigenvalue weighted by Gasteiger charge is 2.59. The molecule has 0 aromatic carbocycles. The minimum atomic E-state index is -3.80. The van der Waals surface area contributed by atoms with E-state index in [4.69, 9.17) is 38.0 Å². The number of carbonyl (C=O) groups is 1. The molecule has 0 radical (unpaired) electrons. The fourth-order valence-corrected chi connectivity index (χ4v) is 30.3. The first-order chi connectivity index (χ1) is 21.8. The quantitative estimate of drug-likeness (QED) is 0.0889.